The largest absolute Gasteiger partial charge is 0.504 e. The molecule has 0 amide bonds. The summed E-state index contributed by atoms with van der Waals surface area (Å²) in [6.45, 7) is 0. The Balaban J connectivity index is 2.54. The van der Waals surface area contributed by atoms with Gasteiger partial charge in [0, 0.05) is 5.56 Å². The van der Waals surface area contributed by atoms with Gasteiger partial charge in [0.2, 0.25) is 0 Å². The average Bonchev–Trinajstić information content (AvgIpc) is 2.41. The summed E-state index contributed by atoms with van der Waals surface area (Å²) in [6.07, 6.45) is 0. The van der Waals surface area contributed by atoms with Gasteiger partial charge in [-0.1, -0.05) is 36.4 Å². The maximum absolute atomic E-state index is 9.91. The van der Waals surface area contributed by atoms with E-state index in [0.717, 1.165) is 0 Å². The second-order valence-electron chi connectivity index (χ2n) is 3.74. The van der Waals surface area contributed by atoms with Gasteiger partial charge in [-0.2, -0.15) is 0 Å². The first-order valence-corrected chi connectivity index (χ1v) is 5.30. The van der Waals surface area contributed by atoms with E-state index >= 15 is 0 Å². The van der Waals surface area contributed by atoms with Gasteiger partial charge in [0.15, 0.2) is 23.0 Å². The molecule has 0 aliphatic carbocycles. The van der Waals surface area contributed by atoms with Gasteiger partial charge in [0.1, 0.15) is 0 Å². The Morgan fingerprint density at radius 3 is 2.06 bits per heavy atom. The van der Waals surface area contributed by atoms with Crippen LogP contribution in [0, 0.1) is 0 Å². The molecule has 0 spiro atoms. The molecule has 2 aromatic rings. The monoisotopic (exact) mass is 244 g/mol. The van der Waals surface area contributed by atoms with Crippen LogP contribution in [0.5, 0.6) is 11.5 Å². The molecule has 2 aromatic carbocycles. The lowest BCUT2D eigenvalue weighted by molar-refractivity contribution is 0.396. The molecule has 4 nitrogen and oxygen atoms in total. The lowest BCUT2D eigenvalue weighted by atomic mass is 10.1. The van der Waals surface area contributed by atoms with E-state index in [0.29, 0.717) is 5.56 Å². The van der Waals surface area contributed by atoms with Crippen LogP contribution >= 0.6 is 0 Å². The van der Waals surface area contributed by atoms with Crippen molar-refractivity contribution < 1.29 is 20.4 Å². The van der Waals surface area contributed by atoms with Gasteiger partial charge in [0.05, 0.1) is 5.56 Å². The van der Waals surface area contributed by atoms with Gasteiger partial charge < -0.3 is 20.4 Å². The van der Waals surface area contributed by atoms with E-state index in [2.05, 4.69) is 0 Å². The van der Waals surface area contributed by atoms with E-state index in [1.165, 1.54) is 18.2 Å². The third-order valence-electron chi connectivity index (χ3n) is 2.54. The quantitative estimate of drug-likeness (QED) is 0.372. The summed E-state index contributed by atoms with van der Waals surface area (Å²) in [4.78, 5) is 0. The van der Waals surface area contributed by atoms with Crippen LogP contribution in [-0.2, 0) is 0 Å². The van der Waals surface area contributed by atoms with Crippen LogP contribution < -0.4 is 0 Å². The summed E-state index contributed by atoms with van der Waals surface area (Å²) in [6, 6.07) is 12.6. The molecule has 4 N–H and O–H groups in total. The summed E-state index contributed by atoms with van der Waals surface area (Å²) < 4.78 is 0. The van der Waals surface area contributed by atoms with Crippen molar-refractivity contribution in [2.75, 3.05) is 0 Å². The Bertz CT molecular complexity index is 588. The molecule has 4 heteroatoms. The summed E-state index contributed by atoms with van der Waals surface area (Å²) in [5, 5.41) is 38.7. The highest BCUT2D eigenvalue weighted by atomic mass is 16.3. The second-order valence-corrected chi connectivity index (χ2v) is 3.74. The van der Waals surface area contributed by atoms with Crippen LogP contribution in [0.25, 0.3) is 11.5 Å². The highest BCUT2D eigenvalue weighted by Crippen LogP contribution is 2.34. The number of rotatable bonds is 2. The van der Waals surface area contributed by atoms with Gasteiger partial charge in [-0.25, -0.2) is 0 Å². The van der Waals surface area contributed by atoms with Crippen molar-refractivity contribution in [1.82, 2.24) is 0 Å². The average molecular weight is 244 g/mol. The molecule has 0 radical (unpaired) electrons. The molecule has 0 unspecified atom stereocenters. The summed E-state index contributed by atoms with van der Waals surface area (Å²) >= 11 is 0. The molecule has 0 bridgehead atoms. The van der Waals surface area contributed by atoms with Crippen molar-refractivity contribution in [3.05, 3.63) is 59.7 Å². The Morgan fingerprint density at radius 2 is 1.39 bits per heavy atom. The standard InChI is InChI=1S/C14H12O4/c15-11-8-4-7-10(13(11)17)14(18)12(16)9-5-2-1-3-6-9/h1-8,15-18H/b14-12+. The van der Waals surface area contributed by atoms with Gasteiger partial charge in [-0.05, 0) is 12.1 Å². The van der Waals surface area contributed by atoms with Crippen LogP contribution in [-0.4, -0.2) is 20.4 Å². The second kappa shape index (κ2) is 4.71. The highest BCUT2D eigenvalue weighted by molar-refractivity contribution is 5.85. The van der Waals surface area contributed by atoms with Crippen LogP contribution in [0.1, 0.15) is 11.1 Å². The minimum absolute atomic E-state index is 0.0312. The molecule has 0 aromatic heterocycles. The summed E-state index contributed by atoms with van der Waals surface area (Å²) in [5.41, 5.74) is 0.383. The number of hydrogen-bond donors (Lipinski definition) is 4. The fourth-order valence-corrected chi connectivity index (χ4v) is 1.58. The van der Waals surface area contributed by atoms with Gasteiger partial charge >= 0.3 is 0 Å². The third-order valence-corrected chi connectivity index (χ3v) is 2.54. The highest BCUT2D eigenvalue weighted by Gasteiger charge is 2.14. The molecule has 2 rings (SSSR count). The zero-order valence-electron chi connectivity index (χ0n) is 9.41. The molecule has 0 fully saturated rings. The number of phenolic OH excluding ortho intramolecular Hbond substituents is 2. The number of phenols is 2. The fraction of sp³-hybridized carbons (Fsp3) is 0. The van der Waals surface area contributed by atoms with Gasteiger partial charge in [-0.15, -0.1) is 0 Å². The van der Waals surface area contributed by atoms with Gasteiger partial charge in [-0.3, -0.25) is 0 Å². The number of aliphatic hydroxyl groups excluding tert-OH is 2. The molecule has 0 heterocycles. The minimum atomic E-state index is -0.491. The van der Waals surface area contributed by atoms with E-state index in [1.807, 2.05) is 0 Å². The molecule has 92 valence electrons. The maximum Gasteiger partial charge on any atom is 0.169 e. The molecular weight excluding hydrogens is 232 g/mol. The molecule has 18 heavy (non-hydrogen) atoms. The number of benzene rings is 2. The van der Waals surface area contributed by atoms with E-state index < -0.39 is 11.5 Å². The summed E-state index contributed by atoms with van der Waals surface area (Å²) in [5.74, 6) is -1.69. The SMILES string of the molecule is O/C(=C(/O)c1cccc(O)c1O)c1ccccc1. The van der Waals surface area contributed by atoms with E-state index in [-0.39, 0.29) is 17.1 Å². The predicted molar refractivity (Wildman–Crippen MR) is 68.3 cm³/mol. The molecule has 0 saturated carbocycles. The summed E-state index contributed by atoms with van der Waals surface area (Å²) in [7, 11) is 0. The van der Waals surface area contributed by atoms with Crippen LogP contribution in [0.4, 0.5) is 0 Å². The first-order chi connectivity index (χ1) is 8.61. The third kappa shape index (κ3) is 2.08. The number of aliphatic hydroxyl groups is 2. The topological polar surface area (TPSA) is 80.9 Å². The van der Waals surface area contributed by atoms with Gasteiger partial charge in [0.25, 0.3) is 0 Å². The number of aromatic hydroxyl groups is 2. The maximum atomic E-state index is 9.91. The van der Waals surface area contributed by atoms with E-state index in [9.17, 15) is 20.4 Å². The zero-order chi connectivity index (χ0) is 13.1. The van der Waals surface area contributed by atoms with E-state index in [1.54, 1.807) is 30.3 Å². The Hall–Kier alpha value is -2.62. The lowest BCUT2D eigenvalue weighted by Crippen LogP contribution is -1.91. The fourth-order valence-electron chi connectivity index (χ4n) is 1.58. The molecule has 0 atom stereocenters. The Kier molecular flexibility index (Phi) is 3.10. The lowest BCUT2D eigenvalue weighted by Gasteiger charge is -2.08. The number of para-hydroxylation sites is 1. The minimum Gasteiger partial charge on any atom is -0.504 e. The molecular formula is C14H12O4. The van der Waals surface area contributed by atoms with Crippen LogP contribution in [0.15, 0.2) is 48.5 Å². The van der Waals surface area contributed by atoms with Crippen molar-refractivity contribution in [3.8, 4) is 11.5 Å². The molecule has 0 saturated heterocycles. The number of hydrogen-bond acceptors (Lipinski definition) is 4. The first-order valence-electron chi connectivity index (χ1n) is 5.30. The molecule has 0 aliphatic heterocycles. The smallest absolute Gasteiger partial charge is 0.169 e. The van der Waals surface area contributed by atoms with Crippen LogP contribution in [0.2, 0.25) is 0 Å². The van der Waals surface area contributed by atoms with Crippen molar-refractivity contribution in [1.29, 1.82) is 0 Å². The normalized spacial score (nSPS) is 12.0. The van der Waals surface area contributed by atoms with Crippen LogP contribution in [0.3, 0.4) is 0 Å². The Morgan fingerprint density at radius 1 is 0.722 bits per heavy atom. The van der Waals surface area contributed by atoms with Crippen molar-refractivity contribution in [2.45, 2.75) is 0 Å². The molecule has 0 aliphatic rings. The first kappa shape index (κ1) is 11.9. The zero-order valence-corrected chi connectivity index (χ0v) is 9.41. The predicted octanol–water partition coefficient (Wildman–Crippen LogP) is 3.04. The van der Waals surface area contributed by atoms with Crippen molar-refractivity contribution in [3.63, 3.8) is 0 Å². The van der Waals surface area contributed by atoms with Crippen molar-refractivity contribution in [2.24, 2.45) is 0 Å². The van der Waals surface area contributed by atoms with E-state index in [4.69, 9.17) is 0 Å². The van der Waals surface area contributed by atoms with Crippen molar-refractivity contribution >= 4 is 11.5 Å². The Labute approximate surface area is 104 Å².